The molecule has 0 aliphatic carbocycles. The topological polar surface area (TPSA) is 250 Å². The standard InChI is InChI=1S/C32H34N6O11S2/c1-32(2,30(47)48)49-35-22(18-14-51-31(33)34-18)20(40)11-17-26(43)37-23(29(45)46)15(13-50-28(17)37)12-38(8-3-4-9-38)10-7-36-25(42)16-5-6-19(39)24(41)21(16)27(36)44/h5-6,14,17,28H,3-4,7-13H2,1-2H3,(H5-,33,34,35,39,40,41,42,44,45,46,47,48)/p+1/t17-,28-/m1/s1. The molecule has 17 nitrogen and oxygen atoms in total. The van der Waals surface area contributed by atoms with Gasteiger partial charge >= 0.3 is 11.9 Å². The predicted octanol–water partition coefficient (Wildman–Crippen LogP) is 1.46. The van der Waals surface area contributed by atoms with Crippen LogP contribution in [0.5, 0.6) is 11.5 Å². The number of fused-ring (bicyclic) bond motifs is 2. The molecule has 270 valence electrons. The van der Waals surface area contributed by atoms with Crippen molar-refractivity contribution in [3.8, 4) is 11.5 Å². The molecular weight excluding hydrogens is 709 g/mol. The predicted molar refractivity (Wildman–Crippen MR) is 181 cm³/mol. The van der Waals surface area contributed by atoms with Gasteiger partial charge in [-0.25, -0.2) is 14.6 Å². The Morgan fingerprint density at radius 2 is 1.82 bits per heavy atom. The van der Waals surface area contributed by atoms with Crippen molar-refractivity contribution in [2.75, 3.05) is 44.2 Å². The highest BCUT2D eigenvalue weighted by molar-refractivity contribution is 8.00. The first-order valence-corrected chi connectivity index (χ1v) is 17.9. The van der Waals surface area contributed by atoms with Crippen molar-refractivity contribution in [1.82, 2.24) is 14.8 Å². The number of β-lactam (4-membered cyclic amide) rings is 1. The molecule has 0 spiro atoms. The number of aliphatic carboxylic acids is 2. The van der Waals surface area contributed by atoms with Crippen LogP contribution in [0.15, 0.2) is 33.9 Å². The minimum Gasteiger partial charge on any atom is -0.504 e. The number of hydrogen-bond donors (Lipinski definition) is 5. The Kier molecular flexibility index (Phi) is 9.32. The van der Waals surface area contributed by atoms with Gasteiger partial charge in [-0.3, -0.25) is 29.0 Å². The summed E-state index contributed by atoms with van der Waals surface area (Å²) in [5.74, 6) is -7.00. The number of nitrogen functional groups attached to an aromatic ring is 1. The average Bonchev–Trinajstić information content (AvgIpc) is 3.78. The molecule has 6 N–H and O–H groups in total. The number of phenols is 2. The number of carbonyl (C=O) groups is 6. The fraction of sp³-hybridized carbons (Fsp3) is 0.438. The van der Waals surface area contributed by atoms with E-state index in [2.05, 4.69) is 10.1 Å². The number of aromatic hydroxyl groups is 2. The molecule has 2 fully saturated rings. The second kappa shape index (κ2) is 13.3. The first kappa shape index (κ1) is 35.8. The largest absolute Gasteiger partial charge is 0.504 e. The second-order valence-corrected chi connectivity index (χ2v) is 15.3. The number of aromatic nitrogens is 1. The van der Waals surface area contributed by atoms with Crippen LogP contribution in [-0.4, -0.2) is 130 Å². The van der Waals surface area contributed by atoms with E-state index in [0.29, 0.717) is 29.7 Å². The van der Waals surface area contributed by atoms with Crippen LogP contribution in [0.4, 0.5) is 5.13 Å². The van der Waals surface area contributed by atoms with Crippen molar-refractivity contribution in [1.29, 1.82) is 0 Å². The van der Waals surface area contributed by atoms with Crippen LogP contribution < -0.4 is 5.73 Å². The van der Waals surface area contributed by atoms with E-state index in [1.54, 1.807) is 0 Å². The lowest BCUT2D eigenvalue weighted by Crippen LogP contribution is -2.63. The number of quaternary nitrogens is 1. The van der Waals surface area contributed by atoms with Gasteiger partial charge in [0.25, 0.3) is 11.8 Å². The van der Waals surface area contributed by atoms with Crippen LogP contribution in [-0.2, 0) is 24.0 Å². The summed E-state index contributed by atoms with van der Waals surface area (Å²) < 4.78 is 0.370. The second-order valence-electron chi connectivity index (χ2n) is 13.3. The fourth-order valence-corrected chi connectivity index (χ4v) is 8.76. The molecule has 2 saturated heterocycles. The van der Waals surface area contributed by atoms with Crippen molar-refractivity contribution in [3.63, 3.8) is 0 Å². The van der Waals surface area contributed by atoms with E-state index in [1.807, 2.05) is 0 Å². The molecular formula is C32H35N6O11S2+. The third kappa shape index (κ3) is 6.40. The lowest BCUT2D eigenvalue weighted by atomic mass is 9.89. The highest BCUT2D eigenvalue weighted by atomic mass is 32.2. The molecule has 19 heteroatoms. The number of thioether (sulfide) groups is 1. The van der Waals surface area contributed by atoms with Gasteiger partial charge < -0.3 is 35.5 Å². The van der Waals surface area contributed by atoms with Crippen molar-refractivity contribution in [3.05, 3.63) is 45.6 Å². The summed E-state index contributed by atoms with van der Waals surface area (Å²) >= 11 is 2.35. The number of likely N-dealkylation sites (tertiary alicyclic amines) is 1. The molecule has 1 aromatic heterocycles. The monoisotopic (exact) mass is 743 g/mol. The number of Topliss-reactive ketones (excluding diaryl/α,β-unsaturated/α-hetero) is 1. The molecule has 0 unspecified atom stereocenters. The number of carbonyl (C=O) groups excluding carboxylic acids is 4. The number of benzene rings is 1. The maximum absolute atomic E-state index is 13.6. The molecule has 2 aromatic rings. The molecule has 1 aromatic carbocycles. The molecule has 3 amide bonds. The van der Waals surface area contributed by atoms with Gasteiger partial charge in [0.1, 0.15) is 17.9 Å². The van der Waals surface area contributed by atoms with Crippen molar-refractivity contribution >= 4 is 69.4 Å². The minimum absolute atomic E-state index is 0.00723. The number of amides is 3. The number of carboxylic acids is 2. The molecule has 4 aliphatic heterocycles. The number of rotatable bonds is 13. The molecule has 0 radical (unpaired) electrons. The number of anilines is 1. The van der Waals surface area contributed by atoms with Crippen molar-refractivity contribution < 1.29 is 58.5 Å². The zero-order valence-corrected chi connectivity index (χ0v) is 29.2. The number of oxime groups is 1. The number of nitrogens with zero attached hydrogens (tertiary/aromatic N) is 5. The molecule has 6 rings (SSSR count). The lowest BCUT2D eigenvalue weighted by Gasteiger charge is -2.50. The summed E-state index contributed by atoms with van der Waals surface area (Å²) in [6.45, 7) is 4.34. The number of imide groups is 1. The zero-order valence-electron chi connectivity index (χ0n) is 27.5. The maximum atomic E-state index is 13.6. The van der Waals surface area contributed by atoms with Crippen molar-refractivity contribution in [2.45, 2.75) is 44.1 Å². The molecule has 51 heavy (non-hydrogen) atoms. The lowest BCUT2D eigenvalue weighted by molar-refractivity contribution is -0.911. The number of ketones is 1. The fourth-order valence-electron chi connectivity index (χ4n) is 6.81. The van der Waals surface area contributed by atoms with Crippen LogP contribution in [0.2, 0.25) is 0 Å². The summed E-state index contributed by atoms with van der Waals surface area (Å²) in [4.78, 5) is 89.0. The van der Waals surface area contributed by atoms with Crippen LogP contribution in [0, 0.1) is 5.92 Å². The quantitative estimate of drug-likeness (QED) is 0.0487. The van der Waals surface area contributed by atoms with Crippen LogP contribution in [0.25, 0.3) is 0 Å². The molecule has 0 saturated carbocycles. The first-order valence-electron chi connectivity index (χ1n) is 16.0. The van der Waals surface area contributed by atoms with Crippen LogP contribution in [0.3, 0.4) is 0 Å². The number of hydrogen-bond acceptors (Lipinski definition) is 14. The number of thiazole rings is 1. The molecule has 4 aliphatic rings. The van der Waals surface area contributed by atoms with E-state index in [0.717, 1.165) is 35.1 Å². The summed E-state index contributed by atoms with van der Waals surface area (Å²) in [7, 11) is 0. The van der Waals surface area contributed by atoms with E-state index >= 15 is 0 Å². The number of phenolic OH excluding ortho intramolecular Hbond substituents is 2. The molecule has 0 bridgehead atoms. The van der Waals surface area contributed by atoms with E-state index in [4.69, 9.17) is 10.6 Å². The van der Waals surface area contributed by atoms with Crippen molar-refractivity contribution in [2.24, 2.45) is 11.1 Å². The van der Waals surface area contributed by atoms with E-state index < -0.39 is 63.8 Å². The third-order valence-electron chi connectivity index (χ3n) is 9.60. The summed E-state index contributed by atoms with van der Waals surface area (Å²) in [5.41, 5.74) is 3.78. The number of nitrogens with two attached hydrogens (primary N) is 1. The summed E-state index contributed by atoms with van der Waals surface area (Å²) in [5, 5.41) is 44.6. The van der Waals surface area contributed by atoms with Gasteiger partial charge in [-0.15, -0.1) is 23.1 Å². The highest BCUT2D eigenvalue weighted by Crippen LogP contribution is 2.46. The van der Waals surface area contributed by atoms with Gasteiger partial charge in [-0.05, 0) is 26.0 Å². The molecule has 5 heterocycles. The maximum Gasteiger partial charge on any atom is 0.352 e. The van der Waals surface area contributed by atoms with Crippen LogP contribution >= 0.6 is 23.1 Å². The van der Waals surface area contributed by atoms with Crippen LogP contribution in [0.1, 0.15) is 59.5 Å². The zero-order chi connectivity index (χ0) is 37.0. The molecule has 2 atom stereocenters. The average molecular weight is 744 g/mol. The Morgan fingerprint density at radius 1 is 1.12 bits per heavy atom. The van der Waals surface area contributed by atoms with E-state index in [1.165, 1.54) is 42.0 Å². The highest BCUT2D eigenvalue weighted by Gasteiger charge is 2.55. The summed E-state index contributed by atoms with van der Waals surface area (Å²) in [6, 6.07) is 2.43. The van der Waals surface area contributed by atoms with E-state index in [-0.39, 0.29) is 58.6 Å². The Morgan fingerprint density at radius 3 is 2.45 bits per heavy atom. The van der Waals surface area contributed by atoms with Gasteiger partial charge in [-0.1, -0.05) is 5.16 Å². The number of carboxylic acid groups (broad SMARTS) is 2. The third-order valence-corrected chi connectivity index (χ3v) is 11.7. The summed E-state index contributed by atoms with van der Waals surface area (Å²) in [6.07, 6.45) is 1.30. The van der Waals surface area contributed by atoms with Gasteiger partial charge in [0.2, 0.25) is 11.5 Å². The SMILES string of the molecule is CC(C)(O/N=C(\C(=O)C[C@@H]1C(=O)N2C(C(=O)O)=C(C[N+]3(CCN4C(=O)c5ccc(O)c(O)c5C4=O)CCCC3)CS[C@H]12)c1csc(N)n1)C(=O)O. The normalized spacial score (nSPS) is 21.5. The van der Waals surface area contributed by atoms with Gasteiger partial charge in [0.05, 0.1) is 48.6 Å². The first-order chi connectivity index (χ1) is 24.0. The van der Waals surface area contributed by atoms with Gasteiger partial charge in [-0.2, -0.15) is 0 Å². The Hall–Kier alpha value is -5.01. The van der Waals surface area contributed by atoms with Gasteiger partial charge in [0.15, 0.2) is 28.1 Å². The smallest absolute Gasteiger partial charge is 0.352 e. The van der Waals surface area contributed by atoms with Gasteiger partial charge in [0, 0.05) is 36.0 Å². The van der Waals surface area contributed by atoms with E-state index in [9.17, 15) is 49.2 Å². The Balaban J connectivity index is 1.19. The Labute approximate surface area is 298 Å². The Bertz CT molecular complexity index is 1930. The minimum atomic E-state index is -1.78.